The third-order valence-electron chi connectivity index (χ3n) is 2.87. The summed E-state index contributed by atoms with van der Waals surface area (Å²) in [6.07, 6.45) is 0. The number of aromatic nitrogens is 2. The van der Waals surface area contributed by atoms with Crippen LogP contribution in [-0.2, 0) is 38.0 Å². The summed E-state index contributed by atoms with van der Waals surface area (Å²) in [6, 6.07) is 0. The summed E-state index contributed by atoms with van der Waals surface area (Å²) in [5.41, 5.74) is 2.75. The summed E-state index contributed by atoms with van der Waals surface area (Å²) in [7, 11) is 1.50. The molecule has 1 N–H and O–H groups in total. The molecule has 23 heavy (non-hydrogen) atoms. The van der Waals surface area contributed by atoms with Crippen molar-refractivity contribution >= 4 is 0 Å². The summed E-state index contributed by atoms with van der Waals surface area (Å²) in [5, 5.41) is 16.5. The molecule has 4 nitrogen and oxygen atoms in total. The second-order valence-electron chi connectivity index (χ2n) is 8.06. The van der Waals surface area contributed by atoms with Gasteiger partial charge in [-0.25, -0.2) is 4.98 Å². The molecule has 0 unspecified atom stereocenters. The number of imidazole rings is 1. The van der Waals surface area contributed by atoms with Crippen molar-refractivity contribution < 1.29 is 44.3 Å². The van der Waals surface area contributed by atoms with E-state index >= 15 is 0 Å². The summed E-state index contributed by atoms with van der Waals surface area (Å²) in [5.74, 6) is 1.09. The minimum atomic E-state index is 0. The molecule has 0 fully saturated rings. The number of halogens is 1. The summed E-state index contributed by atoms with van der Waals surface area (Å²) in [4.78, 5) is 8.42. The number of aromatic amines is 1. The van der Waals surface area contributed by atoms with Crippen LogP contribution >= 0.6 is 0 Å². The normalized spacial score (nSPS) is 11.0. The largest absolute Gasteiger partial charge is 1.00 e. The first-order valence-corrected chi connectivity index (χ1v) is 7.26. The molecule has 0 atom stereocenters. The fourth-order valence-electron chi connectivity index (χ4n) is 1.81. The Morgan fingerprint density at radius 3 is 1.22 bits per heavy atom. The van der Waals surface area contributed by atoms with E-state index in [0.29, 0.717) is 0 Å². The molecular weight excluding hydrogens is 348 g/mol. The number of hydrogen-bond acceptors (Lipinski definition) is 3. The van der Waals surface area contributed by atoms with Crippen molar-refractivity contribution in [2.24, 2.45) is 0 Å². The Labute approximate surface area is 164 Å². The van der Waals surface area contributed by atoms with Gasteiger partial charge in [0.25, 0.3) is 0 Å². The van der Waals surface area contributed by atoms with Crippen molar-refractivity contribution in [3.05, 3.63) is 17.2 Å². The van der Waals surface area contributed by atoms with Gasteiger partial charge in [0.05, 0.1) is 5.69 Å². The first-order chi connectivity index (χ1) is 9.33. The van der Waals surface area contributed by atoms with Crippen LogP contribution in [0.15, 0.2) is 0 Å². The number of hydrogen-bond donors (Lipinski definition) is 1. The number of nitrogens with one attached hydrogen (secondary N) is 1. The molecular formula is C17H34ClN2O2Ti-3. The minimum absolute atomic E-state index is 0. The molecule has 0 spiro atoms. The standard InChI is InChI=1S/C15H28N2.2CH3O.ClH.Ti/c1-13(2,3)10-11(14(4,5)6)17-12(16-10)15(7,8)9;2*1-2;;/h1-9H3,(H,16,17);2*1H3;1H;/q;2*-1;;/p-1. The fourth-order valence-corrected chi connectivity index (χ4v) is 1.81. The van der Waals surface area contributed by atoms with Crippen molar-refractivity contribution in [1.82, 2.24) is 9.97 Å². The zero-order valence-electron chi connectivity index (χ0n) is 16.6. The van der Waals surface area contributed by atoms with Crippen LogP contribution in [0.2, 0.25) is 0 Å². The average molecular weight is 382 g/mol. The molecule has 0 aliphatic rings. The quantitative estimate of drug-likeness (QED) is 0.601. The predicted octanol–water partition coefficient (Wildman–Crippen LogP) is -0.743. The average Bonchev–Trinajstić information content (AvgIpc) is 2.78. The van der Waals surface area contributed by atoms with Crippen LogP contribution in [-0.4, -0.2) is 24.2 Å². The second kappa shape index (κ2) is 11.6. The van der Waals surface area contributed by atoms with Crippen molar-refractivity contribution in [3.8, 4) is 0 Å². The molecule has 1 heterocycles. The van der Waals surface area contributed by atoms with E-state index in [-0.39, 0.29) is 50.4 Å². The van der Waals surface area contributed by atoms with E-state index in [4.69, 9.17) is 15.2 Å². The smallest absolute Gasteiger partial charge is 0.112 e. The fraction of sp³-hybridized carbons (Fsp3) is 0.824. The van der Waals surface area contributed by atoms with Crippen LogP contribution in [0.3, 0.4) is 0 Å². The van der Waals surface area contributed by atoms with Crippen LogP contribution in [0.1, 0.15) is 79.5 Å². The van der Waals surface area contributed by atoms with Gasteiger partial charge in [0.1, 0.15) is 5.82 Å². The maximum absolute atomic E-state index is 8.25. The summed E-state index contributed by atoms with van der Waals surface area (Å²) >= 11 is 0. The third-order valence-corrected chi connectivity index (χ3v) is 2.87. The Morgan fingerprint density at radius 2 is 1.04 bits per heavy atom. The number of H-pyrrole nitrogens is 1. The second-order valence-corrected chi connectivity index (χ2v) is 8.06. The van der Waals surface area contributed by atoms with Gasteiger partial charge in [0.15, 0.2) is 0 Å². The Bertz CT molecular complexity index is 382. The van der Waals surface area contributed by atoms with E-state index in [1.54, 1.807) is 0 Å². The molecule has 0 radical (unpaired) electrons. The molecule has 0 amide bonds. The van der Waals surface area contributed by atoms with Gasteiger partial charge >= 0.3 is 0 Å². The van der Waals surface area contributed by atoms with Crippen LogP contribution in [0.5, 0.6) is 0 Å². The van der Waals surface area contributed by atoms with Gasteiger partial charge in [-0.1, -0.05) is 62.3 Å². The Kier molecular flexibility index (Phi) is 15.7. The van der Waals surface area contributed by atoms with Gasteiger partial charge in [-0.2, -0.15) is 14.2 Å². The van der Waals surface area contributed by atoms with Crippen LogP contribution in [0, 0.1) is 0 Å². The Balaban J connectivity index is -0.000000278. The van der Waals surface area contributed by atoms with Gasteiger partial charge in [0, 0.05) is 43.7 Å². The van der Waals surface area contributed by atoms with Gasteiger partial charge in [-0.15, -0.1) is 0 Å². The molecule has 0 aliphatic carbocycles. The van der Waals surface area contributed by atoms with E-state index in [0.717, 1.165) is 20.0 Å². The molecule has 1 aromatic heterocycles. The Morgan fingerprint density at radius 1 is 0.696 bits per heavy atom. The first-order valence-electron chi connectivity index (χ1n) is 7.26. The zero-order chi connectivity index (χ0) is 17.6. The number of rotatable bonds is 0. The van der Waals surface area contributed by atoms with Crippen molar-refractivity contribution in [3.63, 3.8) is 0 Å². The minimum Gasteiger partial charge on any atom is -1.00 e. The molecule has 0 saturated heterocycles. The number of nitrogens with zero attached hydrogens (tertiary/aromatic N) is 1. The Hall–Kier alpha value is 0.134. The predicted molar refractivity (Wildman–Crippen MR) is 86.5 cm³/mol. The molecule has 1 rings (SSSR count). The van der Waals surface area contributed by atoms with Crippen molar-refractivity contribution in [1.29, 1.82) is 0 Å². The van der Waals surface area contributed by atoms with E-state index < -0.39 is 0 Å². The summed E-state index contributed by atoms with van der Waals surface area (Å²) < 4.78 is 0. The first kappa shape index (κ1) is 31.0. The van der Waals surface area contributed by atoms with Crippen LogP contribution in [0.4, 0.5) is 0 Å². The van der Waals surface area contributed by atoms with E-state index in [9.17, 15) is 0 Å². The van der Waals surface area contributed by atoms with Gasteiger partial charge in [-0.05, 0) is 0 Å². The molecule has 0 aromatic carbocycles. The molecule has 0 saturated carbocycles. The van der Waals surface area contributed by atoms with E-state index in [2.05, 4.69) is 67.3 Å². The van der Waals surface area contributed by atoms with Crippen LogP contribution in [0.25, 0.3) is 0 Å². The SMILES string of the molecule is CC(C)(C)c1nc(C(C)(C)C)c(C(C)(C)C)[nH]1.C[O-].C[O-].[Cl-].[Ti]. The van der Waals surface area contributed by atoms with Crippen LogP contribution < -0.4 is 22.6 Å². The topological polar surface area (TPSA) is 74.8 Å². The van der Waals surface area contributed by atoms with Gasteiger partial charge in [-0.3, -0.25) is 0 Å². The maximum atomic E-state index is 8.25. The van der Waals surface area contributed by atoms with Gasteiger partial charge in [0.2, 0.25) is 0 Å². The van der Waals surface area contributed by atoms with E-state index in [1.807, 2.05) is 0 Å². The molecule has 1 aromatic rings. The molecule has 0 bridgehead atoms. The van der Waals surface area contributed by atoms with Gasteiger partial charge < -0.3 is 27.6 Å². The third kappa shape index (κ3) is 9.88. The van der Waals surface area contributed by atoms with Crippen molar-refractivity contribution in [2.45, 2.75) is 78.6 Å². The molecule has 138 valence electrons. The monoisotopic (exact) mass is 381 g/mol. The molecule has 6 heteroatoms. The van der Waals surface area contributed by atoms with Crippen molar-refractivity contribution in [2.75, 3.05) is 14.2 Å². The molecule has 0 aliphatic heterocycles. The zero-order valence-corrected chi connectivity index (χ0v) is 19.0. The maximum Gasteiger partial charge on any atom is 0.112 e. The van der Waals surface area contributed by atoms with E-state index in [1.165, 1.54) is 11.4 Å². The summed E-state index contributed by atoms with van der Waals surface area (Å²) in [6.45, 7) is 20.0.